The third-order valence-electron chi connectivity index (χ3n) is 5.49. The number of rotatable bonds is 5. The quantitative estimate of drug-likeness (QED) is 0.678. The van der Waals surface area contributed by atoms with Crippen LogP contribution in [-0.2, 0) is 20.9 Å². The number of hydrogen-bond donors (Lipinski definition) is 1. The second kappa shape index (κ2) is 7.58. The smallest absolute Gasteiger partial charge is 0.312 e. The Balaban J connectivity index is 1.54. The number of nitrogens with one attached hydrogen (secondary N) is 1. The van der Waals surface area contributed by atoms with Crippen molar-refractivity contribution in [2.24, 2.45) is 0 Å². The summed E-state index contributed by atoms with van der Waals surface area (Å²) in [5.74, 6) is -1.47. The maximum Gasteiger partial charge on any atom is 0.312 e. The van der Waals surface area contributed by atoms with E-state index < -0.39 is 11.8 Å². The van der Waals surface area contributed by atoms with Crippen molar-refractivity contribution in [3.63, 3.8) is 0 Å². The molecular weight excluding hydrogens is 368 g/mol. The lowest BCUT2D eigenvalue weighted by molar-refractivity contribution is -0.156. The molecule has 2 aromatic carbocycles. The van der Waals surface area contributed by atoms with Crippen molar-refractivity contribution in [2.75, 3.05) is 31.5 Å². The molecule has 1 aromatic heterocycles. The Bertz CT molecular complexity index is 1120. The first-order valence-electron chi connectivity index (χ1n) is 9.92. The Kier molecular flexibility index (Phi) is 4.96. The van der Waals surface area contributed by atoms with Gasteiger partial charge < -0.3 is 19.7 Å². The fourth-order valence-corrected chi connectivity index (χ4v) is 4.01. The summed E-state index contributed by atoms with van der Waals surface area (Å²) in [4.78, 5) is 39.5. The molecule has 1 aliphatic heterocycles. The summed E-state index contributed by atoms with van der Waals surface area (Å²) in [6.45, 7) is 5.99. The third-order valence-corrected chi connectivity index (χ3v) is 5.49. The lowest BCUT2D eigenvalue weighted by Crippen LogP contribution is -2.55. The van der Waals surface area contributed by atoms with Crippen molar-refractivity contribution < 1.29 is 14.4 Å². The lowest BCUT2D eigenvalue weighted by Gasteiger charge is -2.32. The van der Waals surface area contributed by atoms with E-state index in [1.165, 1.54) is 9.80 Å². The summed E-state index contributed by atoms with van der Waals surface area (Å²) in [7, 11) is 0. The fourth-order valence-electron chi connectivity index (χ4n) is 4.01. The van der Waals surface area contributed by atoms with E-state index in [-0.39, 0.29) is 12.5 Å². The third kappa shape index (κ3) is 3.33. The summed E-state index contributed by atoms with van der Waals surface area (Å²) in [5, 5.41) is 5.08. The van der Waals surface area contributed by atoms with Gasteiger partial charge >= 0.3 is 11.8 Å². The number of fused-ring (bicyclic) bond motifs is 3. The zero-order valence-corrected chi connectivity index (χ0v) is 16.6. The highest BCUT2D eigenvalue weighted by Gasteiger charge is 2.32. The number of nitrogens with zero attached hydrogens (tertiary/aromatic N) is 3. The molecule has 0 radical (unpaired) electrons. The van der Waals surface area contributed by atoms with Crippen molar-refractivity contribution in [3.8, 4) is 0 Å². The van der Waals surface area contributed by atoms with Gasteiger partial charge in [0.25, 0.3) is 0 Å². The van der Waals surface area contributed by atoms with Gasteiger partial charge in [-0.05, 0) is 38.1 Å². The molecule has 1 aliphatic rings. The molecule has 1 fully saturated rings. The lowest BCUT2D eigenvalue weighted by atomic mass is 10.1. The molecule has 0 bridgehead atoms. The number of aromatic nitrogens is 1. The molecule has 7 heteroatoms. The van der Waals surface area contributed by atoms with E-state index in [2.05, 4.69) is 28.9 Å². The van der Waals surface area contributed by atoms with Gasteiger partial charge in [0.05, 0.1) is 0 Å². The maximum absolute atomic E-state index is 12.5. The zero-order chi connectivity index (χ0) is 20.5. The number of hydrogen-bond acceptors (Lipinski definition) is 3. The number of amides is 3. The predicted molar refractivity (Wildman–Crippen MR) is 113 cm³/mol. The number of likely N-dealkylation sites (N-methyl/N-ethyl adjacent to an activating group) is 1. The van der Waals surface area contributed by atoms with Crippen LogP contribution in [0.4, 0.5) is 5.69 Å². The molecule has 0 spiro atoms. The summed E-state index contributed by atoms with van der Waals surface area (Å²) >= 11 is 0. The van der Waals surface area contributed by atoms with Crippen molar-refractivity contribution in [3.05, 3.63) is 42.5 Å². The molecule has 1 N–H and O–H groups in total. The molecule has 3 amide bonds. The van der Waals surface area contributed by atoms with Crippen LogP contribution in [0.5, 0.6) is 0 Å². The molecule has 0 atom stereocenters. The number of anilines is 1. The standard InChI is InChI=1S/C22H24N4O3/c1-3-24-11-12-25(22(29)21(24)28)14-20(27)23-15-9-10-19-17(13-15)16-7-5-6-8-18(16)26(19)4-2/h5-10,13H,3-4,11-12,14H2,1-2H3,(H,23,27). The fraction of sp³-hybridized carbons (Fsp3) is 0.318. The van der Waals surface area contributed by atoms with Crippen molar-refractivity contribution >= 4 is 45.2 Å². The molecule has 1 saturated heterocycles. The minimum atomic E-state index is -0.616. The van der Waals surface area contributed by atoms with Gasteiger partial charge in [-0.2, -0.15) is 0 Å². The normalized spacial score (nSPS) is 14.8. The van der Waals surface area contributed by atoms with Crippen LogP contribution in [0.1, 0.15) is 13.8 Å². The molecule has 0 aliphatic carbocycles. The van der Waals surface area contributed by atoms with Crippen LogP contribution in [0.15, 0.2) is 42.5 Å². The average Bonchev–Trinajstić information content (AvgIpc) is 3.04. The molecule has 0 unspecified atom stereocenters. The van der Waals surface area contributed by atoms with Crippen LogP contribution in [0.25, 0.3) is 21.8 Å². The summed E-state index contributed by atoms with van der Waals surface area (Å²) in [5.41, 5.74) is 2.95. The van der Waals surface area contributed by atoms with Gasteiger partial charge in [-0.1, -0.05) is 18.2 Å². The average molecular weight is 392 g/mol. The number of carbonyl (C=O) groups is 3. The molecule has 7 nitrogen and oxygen atoms in total. The van der Waals surface area contributed by atoms with Gasteiger partial charge in [0.15, 0.2) is 0 Å². The number of para-hydroxylation sites is 1. The Morgan fingerprint density at radius 3 is 2.34 bits per heavy atom. The van der Waals surface area contributed by atoms with Gasteiger partial charge in [0.2, 0.25) is 5.91 Å². The molecule has 150 valence electrons. The Labute approximate surface area is 168 Å². The van der Waals surface area contributed by atoms with Crippen molar-refractivity contribution in [1.82, 2.24) is 14.4 Å². The molecule has 4 rings (SSSR count). The maximum atomic E-state index is 12.5. The molecular formula is C22H24N4O3. The first kappa shape index (κ1) is 19.0. The van der Waals surface area contributed by atoms with E-state index in [1.54, 1.807) is 0 Å². The monoisotopic (exact) mass is 392 g/mol. The Morgan fingerprint density at radius 2 is 1.59 bits per heavy atom. The van der Waals surface area contributed by atoms with E-state index in [0.717, 1.165) is 28.4 Å². The minimum Gasteiger partial charge on any atom is -0.341 e. The van der Waals surface area contributed by atoms with E-state index in [1.807, 2.05) is 37.3 Å². The number of aryl methyl sites for hydroxylation is 1. The first-order valence-corrected chi connectivity index (χ1v) is 9.92. The number of benzene rings is 2. The van der Waals surface area contributed by atoms with Crippen molar-refractivity contribution in [2.45, 2.75) is 20.4 Å². The van der Waals surface area contributed by atoms with E-state index in [0.29, 0.717) is 25.3 Å². The molecule has 2 heterocycles. The predicted octanol–water partition coefficient (Wildman–Crippen LogP) is 2.44. The van der Waals surface area contributed by atoms with Crippen molar-refractivity contribution in [1.29, 1.82) is 0 Å². The van der Waals surface area contributed by atoms with Crippen LogP contribution >= 0.6 is 0 Å². The summed E-state index contributed by atoms with van der Waals surface area (Å²) in [6.07, 6.45) is 0. The summed E-state index contributed by atoms with van der Waals surface area (Å²) < 4.78 is 2.24. The number of carbonyl (C=O) groups excluding carboxylic acids is 3. The van der Waals surface area contributed by atoms with E-state index in [4.69, 9.17) is 0 Å². The zero-order valence-electron chi connectivity index (χ0n) is 16.6. The molecule has 29 heavy (non-hydrogen) atoms. The van der Waals surface area contributed by atoms with E-state index in [9.17, 15) is 14.4 Å². The second-order valence-corrected chi connectivity index (χ2v) is 7.15. The highest BCUT2D eigenvalue weighted by Crippen LogP contribution is 2.30. The van der Waals surface area contributed by atoms with Crippen LogP contribution in [-0.4, -0.2) is 58.3 Å². The van der Waals surface area contributed by atoms with Crippen LogP contribution in [0.3, 0.4) is 0 Å². The molecule has 3 aromatic rings. The Hall–Kier alpha value is -3.35. The summed E-state index contributed by atoms with van der Waals surface area (Å²) in [6, 6.07) is 14.0. The van der Waals surface area contributed by atoms with Crippen LogP contribution in [0, 0.1) is 0 Å². The van der Waals surface area contributed by atoms with Crippen LogP contribution in [0.2, 0.25) is 0 Å². The second-order valence-electron chi connectivity index (χ2n) is 7.15. The number of piperazine rings is 1. The first-order chi connectivity index (χ1) is 14.0. The Morgan fingerprint density at radius 1 is 0.897 bits per heavy atom. The highest BCUT2D eigenvalue weighted by atomic mass is 16.2. The van der Waals surface area contributed by atoms with Gasteiger partial charge in [0, 0.05) is 53.7 Å². The largest absolute Gasteiger partial charge is 0.341 e. The molecule has 0 saturated carbocycles. The van der Waals surface area contributed by atoms with Gasteiger partial charge in [-0.3, -0.25) is 14.4 Å². The van der Waals surface area contributed by atoms with Gasteiger partial charge in [0.1, 0.15) is 6.54 Å². The topological polar surface area (TPSA) is 74.7 Å². The highest BCUT2D eigenvalue weighted by molar-refractivity contribution is 6.35. The van der Waals surface area contributed by atoms with Gasteiger partial charge in [-0.25, -0.2) is 0 Å². The van der Waals surface area contributed by atoms with Crippen LogP contribution < -0.4 is 5.32 Å². The SMILES string of the molecule is CCN1CCN(CC(=O)Nc2ccc3c(c2)c2ccccc2n3CC)C(=O)C1=O. The van der Waals surface area contributed by atoms with Gasteiger partial charge in [-0.15, -0.1) is 0 Å². The van der Waals surface area contributed by atoms with E-state index >= 15 is 0 Å². The minimum absolute atomic E-state index is 0.128.